The Hall–Kier alpha value is -2.40. The van der Waals surface area contributed by atoms with Gasteiger partial charge in [-0.05, 0) is 43.0 Å². The Kier molecular flexibility index (Phi) is 6.75. The summed E-state index contributed by atoms with van der Waals surface area (Å²) >= 11 is 0. The second-order valence-corrected chi connectivity index (χ2v) is 8.55. The van der Waals surface area contributed by atoms with E-state index in [1.807, 2.05) is 6.07 Å². The first-order valence-electron chi connectivity index (χ1n) is 8.58. The fourth-order valence-electron chi connectivity index (χ4n) is 3.34. The Balaban J connectivity index is 2.11. The minimum absolute atomic E-state index is 0.0700. The van der Waals surface area contributed by atoms with Gasteiger partial charge in [-0.15, -0.1) is 0 Å². The van der Waals surface area contributed by atoms with Gasteiger partial charge in [0, 0.05) is 18.5 Å². The van der Waals surface area contributed by atoms with E-state index >= 15 is 0 Å². The first kappa shape index (κ1) is 19.9. The van der Waals surface area contributed by atoms with Gasteiger partial charge in [-0.1, -0.05) is 12.8 Å². The Morgan fingerprint density at radius 3 is 2.46 bits per heavy atom. The molecule has 0 aliphatic heterocycles. The lowest BCUT2D eigenvalue weighted by Gasteiger charge is -2.30. The number of carbonyl (C=O) groups excluding carboxylic acids is 2. The molecular formula is C18H23N3O4S. The fraction of sp³-hybridized carbons (Fsp3) is 0.500. The fourth-order valence-corrected chi connectivity index (χ4v) is 5.04. The lowest BCUT2D eigenvalue weighted by atomic mass is 9.80. The zero-order valence-electron chi connectivity index (χ0n) is 14.7. The predicted molar refractivity (Wildman–Crippen MR) is 96.9 cm³/mol. The minimum Gasteiger partial charge on any atom is -0.343 e. The van der Waals surface area contributed by atoms with Gasteiger partial charge in [0.2, 0.25) is 11.8 Å². The number of sulfone groups is 1. The van der Waals surface area contributed by atoms with Crippen LogP contribution >= 0.6 is 0 Å². The lowest BCUT2D eigenvalue weighted by Crippen LogP contribution is -2.39. The number of nitrogens with one attached hydrogen (secondary N) is 2. The number of rotatable bonds is 6. The Labute approximate surface area is 153 Å². The van der Waals surface area contributed by atoms with Gasteiger partial charge in [-0.2, -0.15) is 5.26 Å². The number of benzene rings is 1. The van der Waals surface area contributed by atoms with Crippen LogP contribution in [0.3, 0.4) is 0 Å². The van der Waals surface area contributed by atoms with E-state index < -0.39 is 9.84 Å². The van der Waals surface area contributed by atoms with Crippen molar-refractivity contribution < 1.29 is 18.0 Å². The largest absolute Gasteiger partial charge is 0.343 e. The van der Waals surface area contributed by atoms with Crippen LogP contribution in [0.1, 0.15) is 32.6 Å². The van der Waals surface area contributed by atoms with E-state index in [2.05, 4.69) is 10.6 Å². The Bertz CT molecular complexity index is 797. The number of nitrogens with zero attached hydrogens (tertiary/aromatic N) is 1. The first-order chi connectivity index (χ1) is 12.3. The topological polar surface area (TPSA) is 116 Å². The van der Waals surface area contributed by atoms with Crippen LogP contribution in [-0.4, -0.2) is 32.5 Å². The summed E-state index contributed by atoms with van der Waals surface area (Å²) in [6.07, 6.45) is 3.09. The molecule has 0 saturated heterocycles. The summed E-state index contributed by atoms with van der Waals surface area (Å²) in [4.78, 5) is 23.5. The molecule has 1 aliphatic carbocycles. The number of nitriles is 1. The Morgan fingerprint density at radius 1 is 1.19 bits per heavy atom. The van der Waals surface area contributed by atoms with Crippen molar-refractivity contribution in [2.45, 2.75) is 37.5 Å². The average Bonchev–Trinajstić information content (AvgIpc) is 2.59. The maximum atomic E-state index is 12.7. The van der Waals surface area contributed by atoms with Crippen molar-refractivity contribution in [1.82, 2.24) is 5.32 Å². The second kappa shape index (κ2) is 8.81. The highest BCUT2D eigenvalue weighted by Gasteiger charge is 2.34. The van der Waals surface area contributed by atoms with Gasteiger partial charge >= 0.3 is 0 Å². The van der Waals surface area contributed by atoms with Gasteiger partial charge < -0.3 is 10.6 Å². The van der Waals surface area contributed by atoms with Crippen molar-refractivity contribution in [3.63, 3.8) is 0 Å². The van der Waals surface area contributed by atoms with Crippen molar-refractivity contribution in [3.8, 4) is 6.07 Å². The molecule has 0 unspecified atom stereocenters. The predicted octanol–water partition coefficient (Wildman–Crippen LogP) is 1.86. The molecule has 26 heavy (non-hydrogen) atoms. The van der Waals surface area contributed by atoms with Crippen molar-refractivity contribution in [2.24, 2.45) is 11.8 Å². The molecule has 2 N–H and O–H groups in total. The van der Waals surface area contributed by atoms with Crippen LogP contribution in [0, 0.1) is 23.2 Å². The summed E-state index contributed by atoms with van der Waals surface area (Å²) < 4.78 is 25.5. The Morgan fingerprint density at radius 2 is 1.85 bits per heavy atom. The van der Waals surface area contributed by atoms with Crippen LogP contribution in [0.15, 0.2) is 29.2 Å². The smallest absolute Gasteiger partial charge is 0.224 e. The van der Waals surface area contributed by atoms with Gasteiger partial charge in [0.05, 0.1) is 16.7 Å². The number of anilines is 1. The second-order valence-electron chi connectivity index (χ2n) is 6.51. The number of carbonyl (C=O) groups is 2. The summed E-state index contributed by atoms with van der Waals surface area (Å²) in [5.41, 5.74) is 0.530. The minimum atomic E-state index is -3.55. The van der Waals surface area contributed by atoms with Crippen LogP contribution in [-0.2, 0) is 19.4 Å². The van der Waals surface area contributed by atoms with Crippen molar-refractivity contribution in [1.29, 1.82) is 5.26 Å². The molecule has 0 radical (unpaired) electrons. The molecule has 1 aromatic rings. The highest BCUT2D eigenvalue weighted by molar-refractivity contribution is 7.91. The van der Waals surface area contributed by atoms with Crippen LogP contribution < -0.4 is 10.6 Å². The summed E-state index contributed by atoms with van der Waals surface area (Å²) in [6.45, 7) is 1.31. The summed E-state index contributed by atoms with van der Waals surface area (Å²) in [7, 11) is -3.55. The standard InChI is InChI=1S/C18H23N3O4S/c1-13(22)21-15-6-8-16(9-7-15)26(24,25)12-14-4-2-3-5-17(14)18(23)20-11-10-19/h6-9,14,17H,2-5,11-12H2,1H3,(H,20,23)(H,21,22)/t14-,17+/m0/s1. The summed E-state index contributed by atoms with van der Waals surface area (Å²) in [5, 5.41) is 13.7. The molecule has 1 aliphatic rings. The van der Waals surface area contributed by atoms with E-state index in [0.717, 1.165) is 12.8 Å². The number of hydrogen-bond donors (Lipinski definition) is 2. The molecule has 0 spiro atoms. The maximum Gasteiger partial charge on any atom is 0.224 e. The van der Waals surface area contributed by atoms with Gasteiger partial charge in [0.25, 0.3) is 0 Å². The molecule has 1 saturated carbocycles. The highest BCUT2D eigenvalue weighted by atomic mass is 32.2. The van der Waals surface area contributed by atoms with E-state index in [0.29, 0.717) is 18.5 Å². The molecule has 0 heterocycles. The monoisotopic (exact) mass is 377 g/mol. The van der Waals surface area contributed by atoms with Crippen LogP contribution in [0.2, 0.25) is 0 Å². The molecule has 2 rings (SSSR count). The van der Waals surface area contributed by atoms with Gasteiger partial charge in [0.1, 0.15) is 6.54 Å². The first-order valence-corrected chi connectivity index (χ1v) is 10.2. The van der Waals surface area contributed by atoms with E-state index in [4.69, 9.17) is 5.26 Å². The van der Waals surface area contributed by atoms with Crippen LogP contribution in [0.5, 0.6) is 0 Å². The molecule has 140 valence electrons. The quantitative estimate of drug-likeness (QED) is 0.734. The molecule has 2 atom stereocenters. The van der Waals surface area contributed by atoms with Gasteiger partial charge in [-0.25, -0.2) is 8.42 Å². The van der Waals surface area contributed by atoms with E-state index in [1.165, 1.54) is 19.1 Å². The van der Waals surface area contributed by atoms with Crippen molar-refractivity contribution in [2.75, 3.05) is 17.6 Å². The zero-order valence-corrected chi connectivity index (χ0v) is 15.5. The third-order valence-corrected chi connectivity index (χ3v) is 6.41. The van der Waals surface area contributed by atoms with Crippen LogP contribution in [0.4, 0.5) is 5.69 Å². The van der Waals surface area contributed by atoms with Gasteiger partial charge in [-0.3, -0.25) is 9.59 Å². The SMILES string of the molecule is CC(=O)Nc1ccc(S(=O)(=O)C[C@@H]2CCCC[C@H]2C(=O)NCC#N)cc1. The highest BCUT2D eigenvalue weighted by Crippen LogP contribution is 2.32. The summed E-state index contributed by atoms with van der Waals surface area (Å²) in [6, 6.07) is 7.89. The van der Waals surface area contributed by atoms with Crippen molar-refractivity contribution >= 4 is 27.3 Å². The zero-order chi connectivity index (χ0) is 19.2. The average molecular weight is 377 g/mol. The third kappa shape index (κ3) is 5.30. The maximum absolute atomic E-state index is 12.7. The van der Waals surface area contributed by atoms with E-state index in [1.54, 1.807) is 12.1 Å². The molecule has 8 heteroatoms. The summed E-state index contributed by atoms with van der Waals surface area (Å²) in [5.74, 6) is -1.22. The van der Waals surface area contributed by atoms with Crippen LogP contribution in [0.25, 0.3) is 0 Å². The normalized spacial score (nSPS) is 20.0. The number of amides is 2. The molecular weight excluding hydrogens is 354 g/mol. The van der Waals surface area contributed by atoms with Gasteiger partial charge in [0.15, 0.2) is 9.84 Å². The third-order valence-electron chi connectivity index (χ3n) is 4.55. The molecule has 0 bridgehead atoms. The molecule has 1 fully saturated rings. The van der Waals surface area contributed by atoms with E-state index in [9.17, 15) is 18.0 Å². The molecule has 1 aromatic carbocycles. The molecule has 7 nitrogen and oxygen atoms in total. The molecule has 2 amide bonds. The van der Waals surface area contributed by atoms with Crippen molar-refractivity contribution in [3.05, 3.63) is 24.3 Å². The number of hydrogen-bond acceptors (Lipinski definition) is 5. The van der Waals surface area contributed by atoms with E-state index in [-0.39, 0.29) is 40.8 Å². The molecule has 0 aromatic heterocycles. The lowest BCUT2D eigenvalue weighted by molar-refractivity contribution is -0.127.